The van der Waals surface area contributed by atoms with Crippen LogP contribution in [0.3, 0.4) is 0 Å². The largest absolute Gasteiger partial charge is 0.480 e. The van der Waals surface area contributed by atoms with E-state index in [1.807, 2.05) is 24.3 Å². The summed E-state index contributed by atoms with van der Waals surface area (Å²) >= 11 is 0. The molecule has 2 aromatic rings. The fraction of sp³-hybridized carbons (Fsp3) is 0.292. The molecule has 0 fully saturated rings. The first kappa shape index (κ1) is 23.2. The van der Waals surface area contributed by atoms with Gasteiger partial charge in [-0.3, -0.25) is 9.69 Å². The fourth-order valence-corrected chi connectivity index (χ4v) is 2.71. The van der Waals surface area contributed by atoms with E-state index in [1.54, 1.807) is 18.0 Å². The lowest BCUT2D eigenvalue weighted by Crippen LogP contribution is -2.25. The fourth-order valence-electron chi connectivity index (χ4n) is 2.71. The van der Waals surface area contributed by atoms with Gasteiger partial charge in [-0.1, -0.05) is 56.0 Å². The van der Waals surface area contributed by atoms with Gasteiger partial charge in [-0.15, -0.1) is 0 Å². The van der Waals surface area contributed by atoms with E-state index >= 15 is 0 Å². The molecule has 2 aromatic carbocycles. The highest BCUT2D eigenvalue weighted by Gasteiger charge is 2.30. The molecule has 6 heteroatoms. The predicted molar refractivity (Wildman–Crippen MR) is 112 cm³/mol. The first-order chi connectivity index (χ1) is 14.1. The van der Waals surface area contributed by atoms with Crippen LogP contribution in [0.5, 0.6) is 0 Å². The Bertz CT molecular complexity index is 947. The molecule has 0 aromatic heterocycles. The molecule has 0 aliphatic heterocycles. The van der Waals surface area contributed by atoms with Crippen molar-refractivity contribution in [2.75, 3.05) is 20.1 Å². The van der Waals surface area contributed by atoms with Crippen molar-refractivity contribution in [1.82, 2.24) is 4.90 Å². The number of rotatable bonds is 6. The lowest BCUT2D eigenvalue weighted by atomic mass is 10.0. The van der Waals surface area contributed by atoms with Crippen molar-refractivity contribution in [1.29, 1.82) is 0 Å². The summed E-state index contributed by atoms with van der Waals surface area (Å²) in [5, 5.41) is 8.89. The number of allylic oxidation sites excluding steroid dienone is 1. The van der Waals surface area contributed by atoms with Crippen LogP contribution < -0.4 is 0 Å². The monoisotopic (exact) mass is 415 g/mol. The number of benzene rings is 2. The molecule has 0 amide bonds. The molecule has 0 aliphatic rings. The molecule has 0 spiro atoms. The summed E-state index contributed by atoms with van der Waals surface area (Å²) in [7, 11) is 1.65. The van der Waals surface area contributed by atoms with E-state index in [0.29, 0.717) is 23.6 Å². The molecular weight excluding hydrogens is 391 g/mol. The van der Waals surface area contributed by atoms with E-state index in [1.165, 1.54) is 17.7 Å². The molecule has 0 saturated carbocycles. The van der Waals surface area contributed by atoms with Gasteiger partial charge in [0.2, 0.25) is 0 Å². The Morgan fingerprint density at radius 3 is 2.20 bits per heavy atom. The Hall–Kier alpha value is -3.04. The summed E-state index contributed by atoms with van der Waals surface area (Å²) in [6.45, 7) is 4.34. The van der Waals surface area contributed by atoms with Crippen molar-refractivity contribution in [2.24, 2.45) is 0 Å². The van der Waals surface area contributed by atoms with Crippen molar-refractivity contribution < 1.29 is 23.1 Å². The van der Waals surface area contributed by atoms with Crippen molar-refractivity contribution in [3.05, 3.63) is 76.9 Å². The molecule has 0 bridgehead atoms. The third kappa shape index (κ3) is 7.09. The molecule has 30 heavy (non-hydrogen) atoms. The van der Waals surface area contributed by atoms with Gasteiger partial charge in [0.15, 0.2) is 0 Å². The quantitative estimate of drug-likeness (QED) is 0.653. The number of carboxylic acids is 1. The minimum atomic E-state index is -4.41. The predicted octanol–water partition coefficient (Wildman–Crippen LogP) is 5.28. The van der Waals surface area contributed by atoms with E-state index in [-0.39, 0.29) is 6.54 Å². The Labute approximate surface area is 174 Å². The van der Waals surface area contributed by atoms with E-state index in [0.717, 1.165) is 17.7 Å². The summed E-state index contributed by atoms with van der Waals surface area (Å²) in [6.07, 6.45) is -2.69. The summed E-state index contributed by atoms with van der Waals surface area (Å²) in [6, 6.07) is 12.6. The number of likely N-dealkylation sites (N-methyl/N-ethyl adjacent to an activating group) is 1. The van der Waals surface area contributed by atoms with Gasteiger partial charge in [-0.05, 0) is 48.4 Å². The lowest BCUT2D eigenvalue weighted by molar-refractivity contribution is -0.138. The third-order valence-electron chi connectivity index (χ3n) is 4.45. The zero-order valence-electron chi connectivity index (χ0n) is 17.1. The topological polar surface area (TPSA) is 40.5 Å². The number of hydrogen-bond donors (Lipinski definition) is 1. The molecule has 3 nitrogen and oxygen atoms in total. The second-order valence-electron chi connectivity index (χ2n) is 7.31. The van der Waals surface area contributed by atoms with Crippen molar-refractivity contribution in [3.8, 4) is 11.8 Å². The number of carboxylic acid groups (broad SMARTS) is 1. The Morgan fingerprint density at radius 2 is 1.70 bits per heavy atom. The highest BCUT2D eigenvalue weighted by molar-refractivity contribution is 5.80. The molecule has 0 radical (unpaired) electrons. The van der Waals surface area contributed by atoms with Crippen LogP contribution in [0.1, 0.15) is 42.0 Å². The van der Waals surface area contributed by atoms with Crippen molar-refractivity contribution in [3.63, 3.8) is 0 Å². The van der Waals surface area contributed by atoms with Gasteiger partial charge < -0.3 is 5.11 Å². The van der Waals surface area contributed by atoms with Crippen LogP contribution in [0, 0.1) is 11.8 Å². The van der Waals surface area contributed by atoms with Gasteiger partial charge >= 0.3 is 12.1 Å². The average Bonchev–Trinajstić information content (AvgIpc) is 2.67. The number of halogens is 3. The molecule has 158 valence electrons. The Kier molecular flexibility index (Phi) is 7.85. The summed E-state index contributed by atoms with van der Waals surface area (Å²) in [4.78, 5) is 12.4. The summed E-state index contributed by atoms with van der Waals surface area (Å²) in [5.74, 6) is 5.51. The van der Waals surface area contributed by atoms with E-state index in [2.05, 4.69) is 25.7 Å². The van der Waals surface area contributed by atoms with E-state index in [4.69, 9.17) is 5.11 Å². The van der Waals surface area contributed by atoms with Crippen LogP contribution in [0.2, 0.25) is 0 Å². The molecule has 0 saturated heterocycles. The molecule has 0 heterocycles. The van der Waals surface area contributed by atoms with Crippen LogP contribution in [-0.2, 0) is 11.0 Å². The number of carbonyl (C=O) groups is 1. The molecular formula is C24H24F3NO2. The second-order valence-corrected chi connectivity index (χ2v) is 7.31. The molecule has 1 N–H and O–H groups in total. The highest BCUT2D eigenvalue weighted by atomic mass is 19.4. The lowest BCUT2D eigenvalue weighted by Gasteiger charge is -2.12. The molecule has 0 aliphatic carbocycles. The zero-order valence-corrected chi connectivity index (χ0v) is 17.1. The SMILES string of the molecule is CC(C)c1ccc(C#C/C(=C/CN(C)CC(=O)O)c2ccc(C(F)(F)F)cc2)cc1. The minimum Gasteiger partial charge on any atom is -0.480 e. The van der Waals surface area contributed by atoms with Gasteiger partial charge in [0.25, 0.3) is 0 Å². The van der Waals surface area contributed by atoms with Crippen molar-refractivity contribution in [2.45, 2.75) is 25.9 Å². The summed E-state index contributed by atoms with van der Waals surface area (Å²) < 4.78 is 38.5. The smallest absolute Gasteiger partial charge is 0.416 e. The number of alkyl halides is 3. The molecule has 2 rings (SSSR count). The first-order valence-corrected chi connectivity index (χ1v) is 9.46. The molecule has 0 unspecified atom stereocenters. The van der Waals surface area contributed by atoms with Crippen molar-refractivity contribution >= 4 is 11.5 Å². The Balaban J connectivity index is 2.33. The number of nitrogens with zero attached hydrogens (tertiary/aromatic N) is 1. The standard InChI is InChI=1S/C24H24F3NO2/c1-17(2)19-7-4-18(5-8-19)6-9-21(14-15-28(3)16-23(29)30)20-10-12-22(13-11-20)24(25,26)27/h4-5,7-8,10-14,17H,15-16H2,1-3H3,(H,29,30)/b21-14-. The van der Waals surface area contributed by atoms with Crippen LogP contribution in [0.15, 0.2) is 54.6 Å². The third-order valence-corrected chi connectivity index (χ3v) is 4.45. The van der Waals surface area contributed by atoms with Crippen LogP contribution in [0.4, 0.5) is 13.2 Å². The maximum absolute atomic E-state index is 12.8. The first-order valence-electron chi connectivity index (χ1n) is 9.46. The van der Waals surface area contributed by atoms with Crippen LogP contribution in [-0.4, -0.2) is 36.1 Å². The zero-order chi connectivity index (χ0) is 22.3. The highest BCUT2D eigenvalue weighted by Crippen LogP contribution is 2.30. The average molecular weight is 415 g/mol. The second kappa shape index (κ2) is 10.1. The maximum Gasteiger partial charge on any atom is 0.416 e. The molecule has 0 atom stereocenters. The van der Waals surface area contributed by atoms with E-state index < -0.39 is 17.7 Å². The Morgan fingerprint density at radius 1 is 1.10 bits per heavy atom. The maximum atomic E-state index is 12.8. The van der Waals surface area contributed by atoms with Crippen LogP contribution in [0.25, 0.3) is 5.57 Å². The minimum absolute atomic E-state index is 0.152. The summed E-state index contributed by atoms with van der Waals surface area (Å²) in [5.41, 5.74) is 2.32. The van der Waals surface area contributed by atoms with Gasteiger partial charge in [0, 0.05) is 17.7 Å². The van der Waals surface area contributed by atoms with Gasteiger partial charge in [-0.2, -0.15) is 13.2 Å². The normalized spacial score (nSPS) is 12.1. The van der Waals surface area contributed by atoms with E-state index in [9.17, 15) is 18.0 Å². The van der Waals surface area contributed by atoms with Gasteiger partial charge in [-0.25, -0.2) is 0 Å². The number of aliphatic carboxylic acids is 1. The van der Waals surface area contributed by atoms with Crippen LogP contribution >= 0.6 is 0 Å². The number of hydrogen-bond acceptors (Lipinski definition) is 2. The van der Waals surface area contributed by atoms with Gasteiger partial charge in [0.05, 0.1) is 12.1 Å². The van der Waals surface area contributed by atoms with Gasteiger partial charge in [0.1, 0.15) is 0 Å².